The number of hydrogen-bond donors (Lipinski definition) is 1. The third-order valence-electron chi connectivity index (χ3n) is 2.33. The normalized spacial score (nSPS) is 9.83. The van der Waals surface area contributed by atoms with Crippen LogP contribution in [0.1, 0.15) is 0 Å². The molecule has 0 aromatic heterocycles. The number of nitrogens with one attached hydrogen (secondary N) is 1. The molecular weight excluding hydrogens is 296 g/mol. The highest BCUT2D eigenvalue weighted by Crippen LogP contribution is 2.31. The molecule has 0 heterocycles. The van der Waals surface area contributed by atoms with Crippen LogP contribution in [0.4, 0.5) is 4.79 Å². The topological polar surface area (TPSA) is 62.5 Å². The maximum Gasteiger partial charge on any atom is 0.457 e. The van der Waals surface area contributed by atoms with Gasteiger partial charge in [0.1, 0.15) is 5.75 Å². The molecule has 5 heteroatoms. The van der Waals surface area contributed by atoms with Crippen molar-refractivity contribution >= 4 is 22.0 Å². The zero-order valence-corrected chi connectivity index (χ0v) is 10.8. The van der Waals surface area contributed by atoms with E-state index in [-0.39, 0.29) is 0 Å². The number of carbonyl (C=O) groups is 1. The van der Waals surface area contributed by atoms with Crippen LogP contribution < -0.4 is 4.74 Å². The average Bonchev–Trinajstić information content (AvgIpc) is 2.42. The molecule has 1 amide bonds. The molecule has 0 aliphatic heterocycles. The number of benzene rings is 2. The zero-order chi connectivity index (χ0) is 13.0. The molecule has 90 valence electrons. The number of halogens is 1. The summed E-state index contributed by atoms with van der Waals surface area (Å²) in [5.74, 6) is 0.345. The van der Waals surface area contributed by atoms with Gasteiger partial charge in [0.25, 0.3) is 0 Å². The Morgan fingerprint density at radius 1 is 1.11 bits per heavy atom. The first kappa shape index (κ1) is 12.4. The van der Waals surface area contributed by atoms with Crippen LogP contribution >= 0.6 is 15.9 Å². The van der Waals surface area contributed by atoms with Crippen molar-refractivity contribution in [2.75, 3.05) is 0 Å². The molecule has 4 nitrogen and oxygen atoms in total. The monoisotopic (exact) mass is 304 g/mol. The van der Waals surface area contributed by atoms with E-state index in [9.17, 15) is 4.79 Å². The van der Waals surface area contributed by atoms with E-state index in [1.54, 1.807) is 12.1 Å². The van der Waals surface area contributed by atoms with E-state index in [1.165, 1.54) is 0 Å². The van der Waals surface area contributed by atoms with Gasteiger partial charge in [-0.05, 0) is 39.2 Å². The van der Waals surface area contributed by atoms with Crippen molar-refractivity contribution in [1.29, 1.82) is 5.53 Å². The largest absolute Gasteiger partial charge is 0.457 e. The lowest BCUT2D eigenvalue weighted by molar-refractivity contribution is 0.208. The van der Waals surface area contributed by atoms with E-state index in [2.05, 4.69) is 21.0 Å². The second-order valence-corrected chi connectivity index (χ2v) is 4.35. The van der Waals surface area contributed by atoms with Crippen LogP contribution in [0.5, 0.6) is 5.75 Å². The van der Waals surface area contributed by atoms with Gasteiger partial charge in [0.05, 0.1) is 4.47 Å². The molecule has 0 radical (unpaired) electrons. The Morgan fingerprint density at radius 3 is 2.50 bits per heavy atom. The van der Waals surface area contributed by atoms with Crippen LogP contribution in [-0.2, 0) is 0 Å². The molecule has 0 fully saturated rings. The van der Waals surface area contributed by atoms with Gasteiger partial charge < -0.3 is 4.74 Å². The van der Waals surface area contributed by atoms with Gasteiger partial charge in [-0.2, -0.15) is 5.53 Å². The van der Waals surface area contributed by atoms with Gasteiger partial charge in [-0.15, -0.1) is 0 Å². The van der Waals surface area contributed by atoms with Gasteiger partial charge in [-0.25, -0.2) is 4.79 Å². The number of nitrogens with zero attached hydrogens (tertiary/aromatic N) is 1. The first-order valence-electron chi connectivity index (χ1n) is 5.15. The highest BCUT2D eigenvalue weighted by atomic mass is 79.9. The predicted molar refractivity (Wildman–Crippen MR) is 70.7 cm³/mol. The van der Waals surface area contributed by atoms with Crippen LogP contribution in [0.2, 0.25) is 0 Å². The maximum atomic E-state index is 11.0. The summed E-state index contributed by atoms with van der Waals surface area (Å²) in [6.45, 7) is 0. The second-order valence-electron chi connectivity index (χ2n) is 3.49. The van der Waals surface area contributed by atoms with E-state index >= 15 is 0 Å². The molecule has 0 saturated carbocycles. The summed E-state index contributed by atoms with van der Waals surface area (Å²) in [7, 11) is 0. The van der Waals surface area contributed by atoms with Gasteiger partial charge in [0.2, 0.25) is 0 Å². The molecule has 18 heavy (non-hydrogen) atoms. The first-order chi connectivity index (χ1) is 8.70. The summed E-state index contributed by atoms with van der Waals surface area (Å²) in [5, 5.41) is 2.70. The lowest BCUT2D eigenvalue weighted by Gasteiger charge is -2.06. The third-order valence-corrected chi connectivity index (χ3v) is 2.98. The number of amides is 1. The Morgan fingerprint density at radius 2 is 1.83 bits per heavy atom. The van der Waals surface area contributed by atoms with Crippen molar-refractivity contribution in [2.45, 2.75) is 0 Å². The van der Waals surface area contributed by atoms with Gasteiger partial charge in [0.15, 0.2) is 0 Å². The minimum Gasteiger partial charge on any atom is -0.406 e. The fourth-order valence-electron chi connectivity index (χ4n) is 1.51. The molecule has 0 bridgehead atoms. The molecule has 0 saturated heterocycles. The molecule has 0 spiro atoms. The second kappa shape index (κ2) is 5.55. The molecular formula is C13H9BrN2O2. The Bertz CT molecular complexity index is 585. The summed E-state index contributed by atoms with van der Waals surface area (Å²) >= 11 is 3.28. The van der Waals surface area contributed by atoms with Crippen molar-refractivity contribution in [3.63, 3.8) is 0 Å². The smallest absolute Gasteiger partial charge is 0.406 e. The number of carbonyl (C=O) groups excluding carboxylic acids is 1. The highest BCUT2D eigenvalue weighted by molar-refractivity contribution is 9.10. The molecule has 2 aromatic rings. The maximum absolute atomic E-state index is 11.0. The number of hydrogen-bond acceptors (Lipinski definition) is 3. The van der Waals surface area contributed by atoms with Crippen LogP contribution in [0.3, 0.4) is 0 Å². The standard InChI is InChI=1S/C13H9BrN2O2/c14-11-7-6-10(9-4-2-1-3-5-9)8-12(11)18-13(17)16-15/h1-8,15H. The molecule has 0 atom stereocenters. The summed E-state index contributed by atoms with van der Waals surface area (Å²) in [5.41, 5.74) is 8.52. The lowest BCUT2D eigenvalue weighted by atomic mass is 10.1. The van der Waals surface area contributed by atoms with E-state index in [1.807, 2.05) is 36.4 Å². The highest BCUT2D eigenvalue weighted by Gasteiger charge is 2.08. The zero-order valence-electron chi connectivity index (χ0n) is 9.26. The van der Waals surface area contributed by atoms with Crippen LogP contribution in [0.15, 0.2) is 58.1 Å². The lowest BCUT2D eigenvalue weighted by Crippen LogP contribution is -2.01. The van der Waals surface area contributed by atoms with Crippen LogP contribution in [0, 0.1) is 5.53 Å². The van der Waals surface area contributed by atoms with E-state index in [4.69, 9.17) is 10.3 Å². The van der Waals surface area contributed by atoms with Crippen molar-refractivity contribution < 1.29 is 9.53 Å². The van der Waals surface area contributed by atoms with E-state index in [0.717, 1.165) is 11.1 Å². The summed E-state index contributed by atoms with van der Waals surface area (Å²) < 4.78 is 5.55. The van der Waals surface area contributed by atoms with Crippen molar-refractivity contribution in [3.8, 4) is 16.9 Å². The van der Waals surface area contributed by atoms with Gasteiger partial charge in [0, 0.05) is 0 Å². The molecule has 1 N–H and O–H groups in total. The molecule has 0 aliphatic carbocycles. The van der Waals surface area contributed by atoms with E-state index in [0.29, 0.717) is 10.2 Å². The number of rotatable bonds is 2. The Hall–Kier alpha value is -2.01. The fraction of sp³-hybridized carbons (Fsp3) is 0. The SMILES string of the molecule is N=NC(=O)Oc1cc(-c2ccccc2)ccc1Br. The molecule has 0 aliphatic rings. The van der Waals surface area contributed by atoms with Gasteiger partial charge in [-0.1, -0.05) is 41.5 Å². The van der Waals surface area contributed by atoms with Crippen molar-refractivity contribution in [3.05, 3.63) is 53.0 Å². The Labute approximate surface area is 112 Å². The summed E-state index contributed by atoms with van der Waals surface area (Å²) in [6.07, 6.45) is -0.944. The van der Waals surface area contributed by atoms with Crippen molar-refractivity contribution in [1.82, 2.24) is 0 Å². The summed E-state index contributed by atoms with van der Waals surface area (Å²) in [4.78, 5) is 11.0. The van der Waals surface area contributed by atoms with Crippen molar-refractivity contribution in [2.24, 2.45) is 5.11 Å². The minimum absolute atomic E-state index is 0.345. The summed E-state index contributed by atoms with van der Waals surface area (Å²) in [6, 6.07) is 15.1. The Balaban J connectivity index is 2.38. The minimum atomic E-state index is -0.944. The molecule has 2 aromatic carbocycles. The number of ether oxygens (including phenoxy) is 1. The predicted octanol–water partition coefficient (Wildman–Crippen LogP) is 4.65. The quantitative estimate of drug-likeness (QED) is 0.821. The molecule has 0 unspecified atom stereocenters. The van der Waals surface area contributed by atoms with Gasteiger partial charge in [-0.3, -0.25) is 0 Å². The van der Waals surface area contributed by atoms with Crippen LogP contribution in [0.25, 0.3) is 11.1 Å². The average molecular weight is 305 g/mol. The first-order valence-corrected chi connectivity index (χ1v) is 5.94. The third kappa shape index (κ3) is 2.81. The fourth-order valence-corrected chi connectivity index (χ4v) is 1.84. The van der Waals surface area contributed by atoms with E-state index < -0.39 is 6.09 Å². The molecule has 2 rings (SSSR count). The Kier molecular flexibility index (Phi) is 3.84. The van der Waals surface area contributed by atoms with Crippen LogP contribution in [-0.4, -0.2) is 6.09 Å². The van der Waals surface area contributed by atoms with Gasteiger partial charge >= 0.3 is 6.09 Å².